The van der Waals surface area contributed by atoms with Crippen molar-refractivity contribution in [2.24, 2.45) is 4.99 Å². The standard InChI is InChI=1S/C22H26N4OS/c1-5-26(6-2)19-13-9-17(10-14-19)23-22-24-21(27)20(28-22)15-16-7-11-18(12-8-16)25(3)4/h7-15H,5-6H2,1-4H3,(H,23,24,27). The number of amidine groups is 1. The van der Waals surface area contributed by atoms with Gasteiger partial charge in [0.1, 0.15) is 0 Å². The number of aliphatic imine (C=N–C) groups is 1. The number of hydrogen-bond acceptors (Lipinski definition) is 5. The highest BCUT2D eigenvalue weighted by Crippen LogP contribution is 2.29. The minimum atomic E-state index is -0.111. The first-order chi connectivity index (χ1) is 13.5. The zero-order valence-corrected chi connectivity index (χ0v) is 17.6. The van der Waals surface area contributed by atoms with Crippen LogP contribution in [0, 0.1) is 0 Å². The molecule has 3 rings (SSSR count). The first-order valence-electron chi connectivity index (χ1n) is 9.42. The number of nitrogens with one attached hydrogen (secondary N) is 1. The average molecular weight is 395 g/mol. The molecule has 0 saturated carbocycles. The first-order valence-corrected chi connectivity index (χ1v) is 10.2. The predicted molar refractivity (Wildman–Crippen MR) is 122 cm³/mol. The second-order valence-electron chi connectivity index (χ2n) is 6.66. The van der Waals surface area contributed by atoms with Crippen molar-refractivity contribution in [2.45, 2.75) is 13.8 Å². The van der Waals surface area contributed by atoms with Crippen LogP contribution < -0.4 is 15.1 Å². The van der Waals surface area contributed by atoms with E-state index in [0.717, 1.165) is 30.0 Å². The Kier molecular flexibility index (Phi) is 6.41. The third-order valence-corrected chi connectivity index (χ3v) is 5.48. The van der Waals surface area contributed by atoms with Gasteiger partial charge in [0, 0.05) is 38.6 Å². The third kappa shape index (κ3) is 4.75. The van der Waals surface area contributed by atoms with Crippen molar-refractivity contribution in [1.82, 2.24) is 5.32 Å². The highest BCUT2D eigenvalue weighted by molar-refractivity contribution is 8.18. The molecule has 146 valence electrons. The minimum Gasteiger partial charge on any atom is -0.378 e. The molecule has 1 aliphatic heterocycles. The molecule has 1 saturated heterocycles. The molecule has 0 radical (unpaired) electrons. The zero-order valence-electron chi connectivity index (χ0n) is 16.8. The number of rotatable bonds is 6. The van der Waals surface area contributed by atoms with Gasteiger partial charge in [-0.2, -0.15) is 0 Å². The van der Waals surface area contributed by atoms with Crippen molar-refractivity contribution in [3.63, 3.8) is 0 Å². The molecule has 1 fully saturated rings. The number of hydrogen-bond donors (Lipinski definition) is 1. The maximum Gasteiger partial charge on any atom is 0.264 e. The Bertz CT molecular complexity index is 882. The fourth-order valence-corrected chi connectivity index (χ4v) is 3.79. The van der Waals surface area contributed by atoms with Crippen molar-refractivity contribution in [3.8, 4) is 0 Å². The lowest BCUT2D eigenvalue weighted by atomic mass is 10.2. The van der Waals surface area contributed by atoms with Gasteiger partial charge in [-0.3, -0.25) is 4.79 Å². The number of carbonyl (C=O) groups excluding carboxylic acids is 1. The van der Waals surface area contributed by atoms with E-state index in [4.69, 9.17) is 0 Å². The Labute approximate surface area is 171 Å². The summed E-state index contributed by atoms with van der Waals surface area (Å²) in [4.78, 5) is 21.8. The number of nitrogens with zero attached hydrogens (tertiary/aromatic N) is 3. The monoisotopic (exact) mass is 394 g/mol. The van der Waals surface area contributed by atoms with Crippen molar-refractivity contribution in [2.75, 3.05) is 37.0 Å². The van der Waals surface area contributed by atoms with E-state index >= 15 is 0 Å². The van der Waals surface area contributed by atoms with Crippen LogP contribution in [-0.2, 0) is 4.79 Å². The van der Waals surface area contributed by atoms with Gasteiger partial charge in [-0.05, 0) is 73.6 Å². The van der Waals surface area contributed by atoms with Crippen LogP contribution in [0.4, 0.5) is 17.1 Å². The molecule has 0 aromatic heterocycles. The maximum atomic E-state index is 12.3. The summed E-state index contributed by atoms with van der Waals surface area (Å²) in [5.74, 6) is -0.111. The van der Waals surface area contributed by atoms with E-state index in [9.17, 15) is 4.79 Å². The summed E-state index contributed by atoms with van der Waals surface area (Å²) in [6, 6.07) is 16.2. The van der Waals surface area contributed by atoms with Crippen LogP contribution in [0.3, 0.4) is 0 Å². The van der Waals surface area contributed by atoms with E-state index in [1.807, 2.05) is 61.5 Å². The van der Waals surface area contributed by atoms with Gasteiger partial charge in [0.05, 0.1) is 10.6 Å². The molecule has 2 aromatic rings. The van der Waals surface area contributed by atoms with Gasteiger partial charge in [0.25, 0.3) is 5.91 Å². The summed E-state index contributed by atoms with van der Waals surface area (Å²) >= 11 is 1.37. The van der Waals surface area contributed by atoms with Crippen LogP contribution in [0.2, 0.25) is 0 Å². The van der Waals surface area contributed by atoms with E-state index in [2.05, 4.69) is 41.2 Å². The lowest BCUT2D eigenvalue weighted by molar-refractivity contribution is -0.115. The molecular formula is C22H26N4OS. The molecule has 5 nitrogen and oxygen atoms in total. The SMILES string of the molecule is CCN(CC)c1ccc(N=C2NC(=O)C(=Cc3ccc(N(C)C)cc3)S2)cc1. The molecule has 2 aromatic carbocycles. The topological polar surface area (TPSA) is 47.9 Å². The molecule has 1 amide bonds. The molecule has 1 N–H and O–H groups in total. The van der Waals surface area contributed by atoms with E-state index in [-0.39, 0.29) is 5.91 Å². The number of benzene rings is 2. The minimum absolute atomic E-state index is 0.111. The lowest BCUT2D eigenvalue weighted by Crippen LogP contribution is -2.21. The fourth-order valence-electron chi connectivity index (χ4n) is 2.94. The molecule has 0 aliphatic carbocycles. The van der Waals surface area contributed by atoms with Gasteiger partial charge in [0.2, 0.25) is 0 Å². The smallest absolute Gasteiger partial charge is 0.264 e. The highest BCUT2D eigenvalue weighted by Gasteiger charge is 2.23. The van der Waals surface area contributed by atoms with Crippen molar-refractivity contribution < 1.29 is 4.79 Å². The van der Waals surface area contributed by atoms with Gasteiger partial charge in [-0.1, -0.05) is 12.1 Å². The van der Waals surface area contributed by atoms with Gasteiger partial charge >= 0.3 is 0 Å². The molecular weight excluding hydrogens is 368 g/mol. The van der Waals surface area contributed by atoms with Crippen LogP contribution in [-0.4, -0.2) is 38.3 Å². The van der Waals surface area contributed by atoms with E-state index in [0.29, 0.717) is 10.1 Å². The van der Waals surface area contributed by atoms with Crippen molar-refractivity contribution in [1.29, 1.82) is 0 Å². The van der Waals surface area contributed by atoms with Crippen LogP contribution in [0.5, 0.6) is 0 Å². The molecule has 0 bridgehead atoms. The predicted octanol–water partition coefficient (Wildman–Crippen LogP) is 4.49. The lowest BCUT2D eigenvalue weighted by Gasteiger charge is -2.20. The number of amides is 1. The Balaban J connectivity index is 1.73. The van der Waals surface area contributed by atoms with E-state index in [1.165, 1.54) is 17.4 Å². The van der Waals surface area contributed by atoms with Crippen LogP contribution >= 0.6 is 11.8 Å². The summed E-state index contributed by atoms with van der Waals surface area (Å²) in [6.07, 6.45) is 1.89. The Hall–Kier alpha value is -2.73. The summed E-state index contributed by atoms with van der Waals surface area (Å²) in [5, 5.41) is 3.46. The Morgan fingerprint density at radius 2 is 1.57 bits per heavy atom. The van der Waals surface area contributed by atoms with Gasteiger partial charge in [-0.15, -0.1) is 0 Å². The quantitative estimate of drug-likeness (QED) is 0.734. The molecule has 6 heteroatoms. The fraction of sp³-hybridized carbons (Fsp3) is 0.273. The molecule has 1 heterocycles. The molecule has 0 spiro atoms. The molecule has 28 heavy (non-hydrogen) atoms. The van der Waals surface area contributed by atoms with Crippen LogP contribution in [0.15, 0.2) is 58.4 Å². The molecule has 0 unspecified atom stereocenters. The highest BCUT2D eigenvalue weighted by atomic mass is 32.2. The largest absolute Gasteiger partial charge is 0.378 e. The maximum absolute atomic E-state index is 12.3. The Morgan fingerprint density at radius 3 is 2.14 bits per heavy atom. The molecule has 0 atom stereocenters. The second kappa shape index (κ2) is 8.97. The van der Waals surface area contributed by atoms with E-state index < -0.39 is 0 Å². The van der Waals surface area contributed by atoms with Crippen LogP contribution in [0.25, 0.3) is 6.08 Å². The number of anilines is 2. The van der Waals surface area contributed by atoms with Crippen LogP contribution in [0.1, 0.15) is 19.4 Å². The summed E-state index contributed by atoms with van der Waals surface area (Å²) < 4.78 is 0. The Morgan fingerprint density at radius 1 is 0.964 bits per heavy atom. The van der Waals surface area contributed by atoms with Gasteiger partial charge < -0.3 is 15.1 Å². The first kappa shape index (κ1) is 20.0. The average Bonchev–Trinajstić information content (AvgIpc) is 3.03. The summed E-state index contributed by atoms with van der Waals surface area (Å²) in [7, 11) is 4.01. The van der Waals surface area contributed by atoms with Crippen molar-refractivity contribution in [3.05, 3.63) is 59.0 Å². The van der Waals surface area contributed by atoms with Gasteiger partial charge in [-0.25, -0.2) is 4.99 Å². The summed E-state index contributed by atoms with van der Waals surface area (Å²) in [5.41, 5.74) is 4.13. The zero-order chi connectivity index (χ0) is 20.1. The third-order valence-electron chi connectivity index (χ3n) is 4.57. The summed E-state index contributed by atoms with van der Waals surface area (Å²) in [6.45, 7) is 6.23. The van der Waals surface area contributed by atoms with Gasteiger partial charge in [0.15, 0.2) is 5.17 Å². The normalized spacial score (nSPS) is 16.5. The molecule has 1 aliphatic rings. The number of carbonyl (C=O) groups is 1. The number of thioether (sulfide) groups is 1. The van der Waals surface area contributed by atoms with Crippen molar-refractivity contribution >= 4 is 46.0 Å². The van der Waals surface area contributed by atoms with E-state index in [1.54, 1.807) is 0 Å². The second-order valence-corrected chi connectivity index (χ2v) is 7.69.